The van der Waals surface area contributed by atoms with E-state index in [0.29, 0.717) is 0 Å². The SMILES string of the molecule is Cn1c(-c2ccccc2)nc2ccc(-c3cccc4c(-c5c6cccc(-c7cccc8ccccc78)c6cc6c(-c7cccc8ccccc78)cccc56)c5cccc(-c6ccc7nc(-c8ccccc8)n(C)c7c6)c5cc34)cc21. The molecule has 0 fully saturated rings. The number of aryl methyl sites for hydroxylation is 2. The van der Waals surface area contributed by atoms with Crippen LogP contribution in [0.25, 0.3) is 165 Å². The number of rotatable bonds is 7. The lowest BCUT2D eigenvalue weighted by molar-refractivity contribution is 0.959. The van der Waals surface area contributed by atoms with Crippen molar-refractivity contribution in [1.82, 2.24) is 19.1 Å². The molecule has 0 amide bonds. The van der Waals surface area contributed by atoms with Crippen LogP contribution >= 0.6 is 0 Å². The van der Waals surface area contributed by atoms with E-state index in [1.54, 1.807) is 0 Å². The van der Waals surface area contributed by atoms with Crippen LogP contribution in [0.3, 0.4) is 0 Å². The van der Waals surface area contributed by atoms with Crippen molar-refractivity contribution in [2.45, 2.75) is 0 Å². The summed E-state index contributed by atoms with van der Waals surface area (Å²) in [7, 11) is 4.27. The van der Waals surface area contributed by atoms with Crippen LogP contribution in [0.5, 0.6) is 0 Å². The fourth-order valence-corrected chi connectivity index (χ4v) is 13.2. The predicted octanol–water partition coefficient (Wildman–Crippen LogP) is 20.0. The Kier molecular flexibility index (Phi) is 10.3. The highest BCUT2D eigenvalue weighted by Gasteiger charge is 2.24. The molecule has 16 rings (SSSR count). The molecule has 4 nitrogen and oxygen atoms in total. The maximum absolute atomic E-state index is 5.17. The minimum absolute atomic E-state index is 0.948. The first-order valence-electron chi connectivity index (χ1n) is 27.5. The number of aromatic nitrogens is 4. The summed E-state index contributed by atoms with van der Waals surface area (Å²) in [4.78, 5) is 10.3. The highest BCUT2D eigenvalue weighted by Crippen LogP contribution is 2.51. The lowest BCUT2D eigenvalue weighted by atomic mass is 9.81. The Bertz CT molecular complexity index is 4870. The van der Waals surface area contributed by atoms with Gasteiger partial charge in [0.1, 0.15) is 11.6 Å². The van der Waals surface area contributed by atoms with E-state index < -0.39 is 0 Å². The molecule has 16 aromatic rings. The van der Waals surface area contributed by atoms with E-state index in [0.717, 1.165) is 67.1 Å². The molecule has 0 spiro atoms. The van der Waals surface area contributed by atoms with E-state index in [2.05, 4.69) is 290 Å². The molecule has 374 valence electrons. The van der Waals surface area contributed by atoms with Gasteiger partial charge in [-0.1, -0.05) is 231 Å². The van der Waals surface area contributed by atoms with Crippen molar-refractivity contribution in [2.75, 3.05) is 0 Å². The number of hydrogen-bond acceptors (Lipinski definition) is 2. The molecule has 0 N–H and O–H groups in total. The molecule has 0 unspecified atom stereocenters. The zero-order valence-corrected chi connectivity index (χ0v) is 44.2. The molecule has 0 atom stereocenters. The smallest absolute Gasteiger partial charge is 0.140 e. The molecule has 0 saturated heterocycles. The molecule has 0 aliphatic heterocycles. The van der Waals surface area contributed by atoms with Gasteiger partial charge in [-0.2, -0.15) is 0 Å². The second-order valence-corrected chi connectivity index (χ2v) is 21.3. The van der Waals surface area contributed by atoms with Crippen LogP contribution in [-0.2, 0) is 14.1 Å². The van der Waals surface area contributed by atoms with Crippen LogP contribution in [0.1, 0.15) is 0 Å². The van der Waals surface area contributed by atoms with E-state index in [9.17, 15) is 0 Å². The quantitative estimate of drug-likeness (QED) is 0.149. The summed E-state index contributed by atoms with van der Waals surface area (Å²) in [5.74, 6) is 1.90. The van der Waals surface area contributed by atoms with Crippen molar-refractivity contribution < 1.29 is 0 Å². The molecule has 0 aliphatic carbocycles. The highest BCUT2D eigenvalue weighted by molar-refractivity contribution is 6.29. The van der Waals surface area contributed by atoms with Gasteiger partial charge in [-0.15, -0.1) is 0 Å². The third-order valence-corrected chi connectivity index (χ3v) is 16.9. The van der Waals surface area contributed by atoms with Crippen molar-refractivity contribution in [2.24, 2.45) is 14.1 Å². The molecule has 0 radical (unpaired) electrons. The van der Waals surface area contributed by atoms with Crippen molar-refractivity contribution in [3.8, 4) is 78.4 Å². The Morgan fingerprint density at radius 1 is 0.237 bits per heavy atom. The number of imidazole rings is 2. The molecular formula is C76H50N4. The average Bonchev–Trinajstić information content (AvgIpc) is 4.16. The summed E-state index contributed by atoms with van der Waals surface area (Å²) >= 11 is 0. The minimum Gasteiger partial charge on any atom is -0.327 e. The zero-order chi connectivity index (χ0) is 53.0. The van der Waals surface area contributed by atoms with Crippen LogP contribution in [0, 0.1) is 0 Å². The van der Waals surface area contributed by atoms with Crippen LogP contribution in [-0.4, -0.2) is 19.1 Å². The van der Waals surface area contributed by atoms with Crippen LogP contribution in [0.15, 0.2) is 267 Å². The van der Waals surface area contributed by atoms with Crippen molar-refractivity contribution >= 4 is 86.7 Å². The number of nitrogens with zero attached hydrogens (tertiary/aromatic N) is 4. The van der Waals surface area contributed by atoms with Gasteiger partial charge in [-0.25, -0.2) is 9.97 Å². The van der Waals surface area contributed by atoms with Gasteiger partial charge in [0, 0.05) is 25.2 Å². The Morgan fingerprint density at radius 3 is 0.963 bits per heavy atom. The summed E-state index contributed by atoms with van der Waals surface area (Å²) < 4.78 is 4.47. The van der Waals surface area contributed by atoms with Crippen molar-refractivity contribution in [3.63, 3.8) is 0 Å². The van der Waals surface area contributed by atoms with Gasteiger partial charge in [-0.05, 0) is 157 Å². The van der Waals surface area contributed by atoms with Crippen LogP contribution < -0.4 is 0 Å². The van der Waals surface area contributed by atoms with Crippen molar-refractivity contribution in [1.29, 1.82) is 0 Å². The summed E-state index contributed by atoms with van der Waals surface area (Å²) in [6.07, 6.45) is 0. The van der Waals surface area contributed by atoms with Gasteiger partial charge in [0.25, 0.3) is 0 Å². The highest BCUT2D eigenvalue weighted by atomic mass is 15.1. The van der Waals surface area contributed by atoms with E-state index in [1.165, 1.54) is 98.0 Å². The average molecular weight is 1020 g/mol. The Morgan fingerprint density at radius 2 is 0.550 bits per heavy atom. The van der Waals surface area contributed by atoms with E-state index in [-0.39, 0.29) is 0 Å². The van der Waals surface area contributed by atoms with E-state index in [1.807, 2.05) is 0 Å². The normalized spacial score (nSPS) is 11.9. The maximum Gasteiger partial charge on any atom is 0.140 e. The van der Waals surface area contributed by atoms with Gasteiger partial charge in [0.05, 0.1) is 22.1 Å². The lowest BCUT2D eigenvalue weighted by Gasteiger charge is -2.22. The molecular weight excluding hydrogens is 969 g/mol. The Balaban J connectivity index is 1.04. The van der Waals surface area contributed by atoms with Gasteiger partial charge in [0.2, 0.25) is 0 Å². The number of benzene rings is 14. The Labute approximate surface area is 462 Å². The van der Waals surface area contributed by atoms with Gasteiger partial charge < -0.3 is 9.13 Å². The molecule has 2 heterocycles. The first-order valence-corrected chi connectivity index (χ1v) is 27.5. The third kappa shape index (κ3) is 7.09. The van der Waals surface area contributed by atoms with Crippen molar-refractivity contribution in [3.05, 3.63) is 267 Å². The molecule has 14 aromatic carbocycles. The van der Waals surface area contributed by atoms with E-state index >= 15 is 0 Å². The lowest BCUT2D eigenvalue weighted by Crippen LogP contribution is -1.95. The fourth-order valence-electron chi connectivity index (χ4n) is 13.2. The number of hydrogen-bond donors (Lipinski definition) is 0. The fraction of sp³-hybridized carbons (Fsp3) is 0.0263. The Hall–Kier alpha value is -10.4. The maximum atomic E-state index is 5.17. The molecule has 80 heavy (non-hydrogen) atoms. The number of fused-ring (bicyclic) bond motifs is 8. The summed E-state index contributed by atoms with van der Waals surface area (Å²) in [5.41, 5.74) is 18.2. The predicted molar refractivity (Wildman–Crippen MR) is 338 cm³/mol. The van der Waals surface area contributed by atoms with E-state index in [4.69, 9.17) is 9.97 Å². The molecule has 0 bridgehead atoms. The topological polar surface area (TPSA) is 35.6 Å². The van der Waals surface area contributed by atoms with Gasteiger partial charge >= 0.3 is 0 Å². The van der Waals surface area contributed by atoms with Gasteiger partial charge in [-0.3, -0.25) is 0 Å². The second-order valence-electron chi connectivity index (χ2n) is 21.3. The zero-order valence-electron chi connectivity index (χ0n) is 44.2. The first-order chi connectivity index (χ1) is 39.5. The second kappa shape index (κ2) is 18.1. The monoisotopic (exact) mass is 1020 g/mol. The van der Waals surface area contributed by atoms with Crippen LogP contribution in [0.4, 0.5) is 0 Å². The molecule has 4 heteroatoms. The third-order valence-electron chi connectivity index (χ3n) is 16.9. The molecule has 0 saturated carbocycles. The molecule has 2 aromatic heterocycles. The minimum atomic E-state index is 0.948. The molecule has 0 aliphatic rings. The van der Waals surface area contributed by atoms with Gasteiger partial charge in [0.15, 0.2) is 0 Å². The summed E-state index contributed by atoms with van der Waals surface area (Å²) in [6, 6.07) is 98.3. The first kappa shape index (κ1) is 45.7. The standard InChI is InChI=1S/C76H50N4/c1-79-71-43-51(39-41-69(71)77-75(79)49-21-5-3-6-22-49)55-29-15-35-61-65(55)45-66-56(52-40-42-70-72(44-52)80(2)76(78-70)50-23-7-4-8-24-50)30-16-36-62(66)73(61)74-63-37-17-33-59(57-31-13-25-47-19-9-11-27-53(47)57)67(63)46-68-60(34-18-38-64(68)74)58-32-14-26-48-20-10-12-28-54(48)58/h3-46H,1-2H3. The largest absolute Gasteiger partial charge is 0.327 e. The summed E-state index contributed by atoms with van der Waals surface area (Å²) in [5, 5.41) is 14.5. The van der Waals surface area contributed by atoms with Crippen LogP contribution in [0.2, 0.25) is 0 Å². The summed E-state index contributed by atoms with van der Waals surface area (Å²) in [6.45, 7) is 0.